The molecule has 0 atom stereocenters. The third-order valence-corrected chi connectivity index (χ3v) is 3.41. The molecule has 86 valence electrons. The highest BCUT2D eigenvalue weighted by Crippen LogP contribution is 2.18. The topological polar surface area (TPSA) is 0 Å². The van der Waals surface area contributed by atoms with E-state index in [1.54, 1.807) is 11.8 Å². The van der Waals surface area contributed by atoms with Crippen LogP contribution in [0.25, 0.3) is 12.2 Å². The molecular weight excluding hydrogens is 248 g/mol. The molecule has 0 spiro atoms. The van der Waals surface area contributed by atoms with Crippen molar-refractivity contribution in [1.29, 1.82) is 0 Å². The Labute approximate surface area is 111 Å². The maximum Gasteiger partial charge on any atom is 0.0406 e. The molecule has 0 aliphatic heterocycles. The van der Waals surface area contributed by atoms with Crippen LogP contribution < -0.4 is 0 Å². The smallest absolute Gasteiger partial charge is 0.0406 e. The molecule has 0 aliphatic carbocycles. The van der Waals surface area contributed by atoms with Gasteiger partial charge in [0.25, 0.3) is 0 Å². The van der Waals surface area contributed by atoms with Crippen LogP contribution in [0.3, 0.4) is 0 Å². The third kappa shape index (κ3) is 3.65. The Morgan fingerprint density at radius 3 is 2.35 bits per heavy atom. The predicted molar refractivity (Wildman–Crippen MR) is 78.6 cm³/mol. The Kier molecular flexibility index (Phi) is 4.29. The fourth-order valence-electron chi connectivity index (χ4n) is 1.51. The van der Waals surface area contributed by atoms with Crippen LogP contribution >= 0.6 is 23.4 Å². The van der Waals surface area contributed by atoms with Crippen molar-refractivity contribution in [1.82, 2.24) is 0 Å². The summed E-state index contributed by atoms with van der Waals surface area (Å²) >= 11 is 7.60. The largest absolute Gasteiger partial charge is 0.130 e. The molecule has 0 aliphatic rings. The Balaban J connectivity index is 2.16. The molecule has 0 bridgehead atoms. The fraction of sp³-hybridized carbons (Fsp3) is 0.0667. The molecule has 2 aromatic rings. The van der Waals surface area contributed by atoms with Crippen LogP contribution in [0.5, 0.6) is 0 Å². The molecule has 17 heavy (non-hydrogen) atoms. The molecule has 0 aromatic heterocycles. The van der Waals surface area contributed by atoms with Gasteiger partial charge in [-0.25, -0.2) is 0 Å². The molecule has 0 nitrogen and oxygen atoms in total. The van der Waals surface area contributed by atoms with Crippen molar-refractivity contribution in [2.24, 2.45) is 0 Å². The molecule has 0 N–H and O–H groups in total. The van der Waals surface area contributed by atoms with Gasteiger partial charge in [0.2, 0.25) is 0 Å². The van der Waals surface area contributed by atoms with Crippen LogP contribution in [0.2, 0.25) is 5.02 Å². The van der Waals surface area contributed by atoms with Crippen molar-refractivity contribution in [3.05, 3.63) is 64.7 Å². The lowest BCUT2D eigenvalue weighted by molar-refractivity contribution is 1.45. The van der Waals surface area contributed by atoms with Crippen molar-refractivity contribution in [3.63, 3.8) is 0 Å². The van der Waals surface area contributed by atoms with Gasteiger partial charge in [0.15, 0.2) is 0 Å². The van der Waals surface area contributed by atoms with Crippen LogP contribution in [-0.2, 0) is 0 Å². The van der Waals surface area contributed by atoms with Crippen molar-refractivity contribution < 1.29 is 0 Å². The fourth-order valence-corrected chi connectivity index (χ4v) is 2.11. The van der Waals surface area contributed by atoms with Gasteiger partial charge in [0, 0.05) is 9.92 Å². The Morgan fingerprint density at radius 1 is 0.941 bits per heavy atom. The minimum absolute atomic E-state index is 0.770. The molecule has 0 unspecified atom stereocenters. The van der Waals surface area contributed by atoms with Gasteiger partial charge in [-0.1, -0.05) is 48.0 Å². The first-order chi connectivity index (χ1) is 8.28. The average Bonchev–Trinajstić information content (AvgIpc) is 2.38. The van der Waals surface area contributed by atoms with Crippen LogP contribution in [0, 0.1) is 0 Å². The standard InChI is InChI=1S/C15H13ClS/c1-17-15-4-2-3-13(11-15)6-5-12-7-9-14(16)10-8-12/h2-11H,1H3. The lowest BCUT2D eigenvalue weighted by atomic mass is 10.1. The summed E-state index contributed by atoms with van der Waals surface area (Å²) in [6.07, 6.45) is 6.29. The van der Waals surface area contributed by atoms with Crippen LogP contribution in [0.1, 0.15) is 11.1 Å². The van der Waals surface area contributed by atoms with Crippen molar-refractivity contribution in [2.45, 2.75) is 4.90 Å². The average molecular weight is 261 g/mol. The minimum atomic E-state index is 0.770. The normalized spacial score (nSPS) is 10.9. The van der Waals surface area contributed by atoms with E-state index in [1.165, 1.54) is 10.5 Å². The molecular formula is C15H13ClS. The van der Waals surface area contributed by atoms with E-state index in [0.29, 0.717) is 0 Å². The molecule has 0 fully saturated rings. The second-order valence-electron chi connectivity index (χ2n) is 3.66. The van der Waals surface area contributed by atoms with E-state index in [2.05, 4.69) is 42.7 Å². The van der Waals surface area contributed by atoms with Gasteiger partial charge in [-0.15, -0.1) is 11.8 Å². The zero-order valence-corrected chi connectivity index (χ0v) is 11.1. The van der Waals surface area contributed by atoms with E-state index >= 15 is 0 Å². The van der Waals surface area contributed by atoms with Crippen molar-refractivity contribution in [2.75, 3.05) is 6.26 Å². The molecule has 2 heteroatoms. The van der Waals surface area contributed by atoms with Crippen LogP contribution in [-0.4, -0.2) is 6.26 Å². The minimum Gasteiger partial charge on any atom is -0.130 e. The van der Waals surface area contributed by atoms with Gasteiger partial charge in [-0.3, -0.25) is 0 Å². The first-order valence-electron chi connectivity index (χ1n) is 5.35. The maximum absolute atomic E-state index is 5.84. The van der Waals surface area contributed by atoms with Crippen LogP contribution in [0.4, 0.5) is 0 Å². The maximum atomic E-state index is 5.84. The summed E-state index contributed by atoms with van der Waals surface area (Å²) < 4.78 is 0. The van der Waals surface area contributed by atoms with Gasteiger partial charge in [0.05, 0.1) is 0 Å². The number of rotatable bonds is 3. The first-order valence-corrected chi connectivity index (χ1v) is 6.96. The highest BCUT2D eigenvalue weighted by atomic mass is 35.5. The van der Waals surface area contributed by atoms with Gasteiger partial charge < -0.3 is 0 Å². The summed E-state index contributed by atoms with van der Waals surface area (Å²) in [5.74, 6) is 0. The molecule has 2 aromatic carbocycles. The van der Waals surface area contributed by atoms with E-state index in [1.807, 2.05) is 24.3 Å². The highest BCUT2D eigenvalue weighted by molar-refractivity contribution is 7.98. The number of thioether (sulfide) groups is 1. The molecule has 0 saturated carbocycles. The molecule has 0 saturated heterocycles. The SMILES string of the molecule is CSc1cccc(C=Cc2ccc(Cl)cc2)c1. The van der Waals surface area contributed by atoms with Crippen molar-refractivity contribution >= 4 is 35.5 Å². The van der Waals surface area contributed by atoms with E-state index in [9.17, 15) is 0 Å². The zero-order chi connectivity index (χ0) is 12.1. The van der Waals surface area contributed by atoms with E-state index in [-0.39, 0.29) is 0 Å². The molecule has 0 radical (unpaired) electrons. The second kappa shape index (κ2) is 5.95. The Morgan fingerprint density at radius 2 is 1.65 bits per heavy atom. The number of hydrogen-bond donors (Lipinski definition) is 0. The predicted octanol–water partition coefficient (Wildman–Crippen LogP) is 5.23. The summed E-state index contributed by atoms with van der Waals surface area (Å²) in [7, 11) is 0. The molecule has 2 rings (SSSR count). The number of hydrogen-bond acceptors (Lipinski definition) is 1. The van der Waals surface area contributed by atoms with Crippen LogP contribution in [0.15, 0.2) is 53.4 Å². The van der Waals surface area contributed by atoms with E-state index < -0.39 is 0 Å². The van der Waals surface area contributed by atoms with Gasteiger partial charge in [-0.05, 0) is 41.6 Å². The lowest BCUT2D eigenvalue weighted by Gasteiger charge is -1.98. The van der Waals surface area contributed by atoms with Crippen molar-refractivity contribution in [3.8, 4) is 0 Å². The van der Waals surface area contributed by atoms with Gasteiger partial charge in [-0.2, -0.15) is 0 Å². The summed E-state index contributed by atoms with van der Waals surface area (Å²) in [5, 5.41) is 0.770. The monoisotopic (exact) mass is 260 g/mol. The third-order valence-electron chi connectivity index (χ3n) is 2.43. The number of benzene rings is 2. The first kappa shape index (κ1) is 12.3. The van der Waals surface area contributed by atoms with Gasteiger partial charge in [0.1, 0.15) is 0 Å². The summed E-state index contributed by atoms with van der Waals surface area (Å²) in [5.41, 5.74) is 2.37. The lowest BCUT2D eigenvalue weighted by Crippen LogP contribution is -1.74. The highest BCUT2D eigenvalue weighted by Gasteiger charge is 1.92. The van der Waals surface area contributed by atoms with E-state index in [4.69, 9.17) is 11.6 Å². The molecule has 0 heterocycles. The zero-order valence-electron chi connectivity index (χ0n) is 9.56. The number of halogens is 1. The molecule has 0 amide bonds. The second-order valence-corrected chi connectivity index (χ2v) is 4.98. The quantitative estimate of drug-likeness (QED) is 0.538. The summed E-state index contributed by atoms with van der Waals surface area (Å²) in [4.78, 5) is 1.28. The summed E-state index contributed by atoms with van der Waals surface area (Å²) in [6.45, 7) is 0. The van der Waals surface area contributed by atoms with Gasteiger partial charge >= 0.3 is 0 Å². The summed E-state index contributed by atoms with van der Waals surface area (Å²) in [6, 6.07) is 16.3. The Hall–Kier alpha value is -1.18. The Bertz CT molecular complexity index is 515. The van der Waals surface area contributed by atoms with E-state index in [0.717, 1.165) is 10.6 Å².